The van der Waals surface area contributed by atoms with Gasteiger partial charge in [0.2, 0.25) is 11.0 Å². The number of carbonyl (C=O) groups is 1. The predicted molar refractivity (Wildman–Crippen MR) is 164 cm³/mol. The van der Waals surface area contributed by atoms with Crippen LogP contribution in [0.4, 0.5) is 27.9 Å². The number of phenols is 2. The number of thioether (sulfide) groups is 1. The van der Waals surface area contributed by atoms with E-state index in [9.17, 15) is 15.0 Å². The zero-order valence-electron chi connectivity index (χ0n) is 22.4. The lowest BCUT2D eigenvalue weighted by Crippen LogP contribution is -2.30. The number of amides is 1. The lowest BCUT2D eigenvalue weighted by atomic mass is 10.1. The Morgan fingerprint density at radius 1 is 0.881 bits per heavy atom. The van der Waals surface area contributed by atoms with Crippen molar-refractivity contribution in [1.82, 2.24) is 4.98 Å². The predicted octanol–water partition coefficient (Wildman–Crippen LogP) is 8.71. The number of aromatic hydroxyl groups is 2. The fourth-order valence-electron chi connectivity index (χ4n) is 4.44. The molecular formula is C30H24N6O4S2. The molecule has 210 valence electrons. The van der Waals surface area contributed by atoms with Crippen molar-refractivity contribution in [3.63, 3.8) is 0 Å². The first-order valence-electron chi connectivity index (χ1n) is 12.9. The molecule has 0 aliphatic carbocycles. The number of phenolic OH excluding ortho intramolecular Hbond substituents is 2. The van der Waals surface area contributed by atoms with Gasteiger partial charge >= 0.3 is 0 Å². The lowest BCUT2D eigenvalue weighted by Gasteiger charge is -2.26. The second kappa shape index (κ2) is 11.6. The number of anilines is 1. The van der Waals surface area contributed by atoms with Crippen molar-refractivity contribution in [2.75, 3.05) is 12.0 Å². The Bertz CT molecular complexity index is 1810. The minimum Gasteiger partial charge on any atom is -0.508 e. The zero-order valence-corrected chi connectivity index (χ0v) is 24.1. The van der Waals surface area contributed by atoms with Gasteiger partial charge in [-0.3, -0.25) is 9.69 Å². The standard InChI is InChI=1S/C30H24N6O4S2/c1-17-28(39)36(25-16-20(37)10-13-23(25)34-32-18-7-11-21(40-2)12-8-18)29(41-17)22-15-19(9-14-26(22)38)33-35-30-31-24-5-3-4-6-27(24)42-30/h3-17,29,37-38H,1-2H3. The number of para-hydroxylation sites is 1. The Morgan fingerprint density at radius 2 is 1.64 bits per heavy atom. The highest BCUT2D eigenvalue weighted by Crippen LogP contribution is 2.51. The van der Waals surface area contributed by atoms with Crippen molar-refractivity contribution >= 4 is 67.1 Å². The van der Waals surface area contributed by atoms with E-state index in [-0.39, 0.29) is 17.4 Å². The number of methoxy groups -OCH3 is 1. The highest BCUT2D eigenvalue weighted by atomic mass is 32.2. The maximum Gasteiger partial charge on any atom is 0.241 e. The molecule has 1 amide bonds. The van der Waals surface area contributed by atoms with Gasteiger partial charge in [-0.2, -0.15) is 5.11 Å². The Morgan fingerprint density at radius 3 is 2.43 bits per heavy atom. The van der Waals surface area contributed by atoms with E-state index in [1.165, 1.54) is 46.2 Å². The Labute approximate surface area is 249 Å². The molecule has 0 saturated carbocycles. The van der Waals surface area contributed by atoms with Crippen LogP contribution in [0.3, 0.4) is 0 Å². The van der Waals surface area contributed by atoms with Crippen LogP contribution in [0.5, 0.6) is 17.2 Å². The Hall–Kier alpha value is -4.81. The summed E-state index contributed by atoms with van der Waals surface area (Å²) in [4.78, 5) is 19.5. The van der Waals surface area contributed by atoms with Crippen molar-refractivity contribution in [3.8, 4) is 17.2 Å². The topological polar surface area (TPSA) is 132 Å². The highest BCUT2D eigenvalue weighted by molar-refractivity contribution is 8.01. The zero-order chi connectivity index (χ0) is 29.2. The van der Waals surface area contributed by atoms with Gasteiger partial charge in [-0.25, -0.2) is 4.98 Å². The number of hydrogen-bond acceptors (Lipinski definition) is 11. The summed E-state index contributed by atoms with van der Waals surface area (Å²) in [5.41, 5.74) is 3.14. The number of ether oxygens (including phenoxy) is 1. The number of carbonyl (C=O) groups excluding carboxylic acids is 1. The average molecular weight is 597 g/mol. The number of fused-ring (bicyclic) bond motifs is 1. The van der Waals surface area contributed by atoms with Gasteiger partial charge in [-0.15, -0.1) is 27.1 Å². The second-order valence-electron chi connectivity index (χ2n) is 9.32. The average Bonchev–Trinajstić information content (AvgIpc) is 3.56. The van der Waals surface area contributed by atoms with Gasteiger partial charge < -0.3 is 14.9 Å². The van der Waals surface area contributed by atoms with Crippen LogP contribution in [0.1, 0.15) is 17.9 Å². The monoisotopic (exact) mass is 596 g/mol. The molecule has 12 heteroatoms. The van der Waals surface area contributed by atoms with E-state index in [1.807, 2.05) is 24.3 Å². The third-order valence-electron chi connectivity index (χ3n) is 6.53. The molecule has 1 aliphatic rings. The Balaban J connectivity index is 1.34. The summed E-state index contributed by atoms with van der Waals surface area (Å²) in [5, 5.41) is 38.1. The molecule has 1 saturated heterocycles. The molecule has 6 rings (SSSR count). The van der Waals surface area contributed by atoms with Crippen molar-refractivity contribution in [2.45, 2.75) is 17.5 Å². The molecular weight excluding hydrogens is 573 g/mol. The summed E-state index contributed by atoms with van der Waals surface area (Å²) in [6.07, 6.45) is 0. The van der Waals surface area contributed by atoms with Crippen LogP contribution in [-0.2, 0) is 4.79 Å². The number of thiazole rings is 1. The van der Waals surface area contributed by atoms with Crippen molar-refractivity contribution in [1.29, 1.82) is 0 Å². The highest BCUT2D eigenvalue weighted by Gasteiger charge is 2.42. The van der Waals surface area contributed by atoms with Gasteiger partial charge in [0.05, 0.1) is 39.6 Å². The van der Waals surface area contributed by atoms with Crippen molar-refractivity contribution < 1.29 is 19.7 Å². The van der Waals surface area contributed by atoms with Crippen LogP contribution in [0.15, 0.2) is 105 Å². The summed E-state index contributed by atoms with van der Waals surface area (Å²) >= 11 is 2.80. The summed E-state index contributed by atoms with van der Waals surface area (Å²) < 4.78 is 6.20. The fraction of sp³-hybridized carbons (Fsp3) is 0.133. The minimum absolute atomic E-state index is 0.0000933. The quantitative estimate of drug-likeness (QED) is 0.181. The van der Waals surface area contributed by atoms with Gasteiger partial charge in [0.25, 0.3) is 0 Å². The van der Waals surface area contributed by atoms with Gasteiger partial charge in [0, 0.05) is 11.6 Å². The van der Waals surface area contributed by atoms with Crippen LogP contribution in [0.2, 0.25) is 0 Å². The first kappa shape index (κ1) is 27.4. The maximum atomic E-state index is 13.5. The normalized spacial score (nSPS) is 17.2. The first-order valence-corrected chi connectivity index (χ1v) is 14.6. The van der Waals surface area contributed by atoms with Gasteiger partial charge in [0.15, 0.2) is 0 Å². The molecule has 0 radical (unpaired) electrons. The first-order chi connectivity index (χ1) is 20.4. The number of nitrogens with zero attached hydrogens (tertiary/aromatic N) is 6. The molecule has 1 aromatic heterocycles. The second-order valence-corrected chi connectivity index (χ2v) is 11.8. The van der Waals surface area contributed by atoms with E-state index in [1.54, 1.807) is 56.5 Å². The Kier molecular flexibility index (Phi) is 7.55. The molecule has 2 heterocycles. The molecule has 1 aliphatic heterocycles. The van der Waals surface area contributed by atoms with Crippen molar-refractivity contribution in [2.24, 2.45) is 20.5 Å². The molecule has 0 spiro atoms. The fourth-order valence-corrected chi connectivity index (χ4v) is 6.51. The van der Waals surface area contributed by atoms with Crippen LogP contribution in [0.25, 0.3) is 10.2 Å². The van der Waals surface area contributed by atoms with Gasteiger partial charge in [-0.05, 0) is 73.7 Å². The molecule has 10 nitrogen and oxygen atoms in total. The van der Waals surface area contributed by atoms with Gasteiger partial charge in [0.1, 0.15) is 28.3 Å². The van der Waals surface area contributed by atoms with Crippen LogP contribution in [0, 0.1) is 0 Å². The summed E-state index contributed by atoms with van der Waals surface area (Å²) in [7, 11) is 1.58. The third kappa shape index (κ3) is 5.54. The van der Waals surface area contributed by atoms with Crippen LogP contribution >= 0.6 is 23.1 Å². The van der Waals surface area contributed by atoms with E-state index in [0.29, 0.717) is 39.2 Å². The minimum atomic E-state index is -0.623. The summed E-state index contributed by atoms with van der Waals surface area (Å²) in [5.74, 6) is 0.460. The molecule has 2 N–H and O–H groups in total. The lowest BCUT2D eigenvalue weighted by molar-refractivity contribution is -0.117. The van der Waals surface area contributed by atoms with Crippen LogP contribution < -0.4 is 9.64 Å². The van der Waals surface area contributed by atoms with E-state index in [4.69, 9.17) is 4.74 Å². The third-order valence-corrected chi connectivity index (χ3v) is 8.78. The van der Waals surface area contributed by atoms with E-state index in [0.717, 1.165) is 10.2 Å². The smallest absolute Gasteiger partial charge is 0.241 e. The van der Waals surface area contributed by atoms with E-state index in [2.05, 4.69) is 25.4 Å². The maximum absolute atomic E-state index is 13.5. The number of azo groups is 2. The molecule has 5 aromatic rings. The number of rotatable bonds is 7. The number of aromatic nitrogens is 1. The summed E-state index contributed by atoms with van der Waals surface area (Å²) in [6, 6.07) is 24.2. The molecule has 4 aromatic carbocycles. The van der Waals surface area contributed by atoms with Crippen molar-refractivity contribution in [3.05, 3.63) is 90.5 Å². The van der Waals surface area contributed by atoms with E-state index >= 15 is 0 Å². The molecule has 2 atom stereocenters. The number of hydrogen-bond donors (Lipinski definition) is 2. The largest absolute Gasteiger partial charge is 0.508 e. The molecule has 2 unspecified atom stereocenters. The summed E-state index contributed by atoms with van der Waals surface area (Å²) in [6.45, 7) is 1.80. The van der Waals surface area contributed by atoms with Gasteiger partial charge in [-0.1, -0.05) is 23.5 Å². The molecule has 42 heavy (non-hydrogen) atoms. The number of benzene rings is 4. The SMILES string of the molecule is COc1ccc(N=Nc2ccc(O)cc2N2C(=O)C(C)SC2c2cc(N=Nc3nc4ccccc4s3)ccc2O)cc1. The van der Waals surface area contributed by atoms with E-state index < -0.39 is 10.6 Å². The molecule has 0 bridgehead atoms. The molecule has 1 fully saturated rings. The van der Waals surface area contributed by atoms with Crippen LogP contribution in [-0.4, -0.2) is 33.5 Å².